The number of carbonyl (C=O) groups is 1. The van der Waals surface area contributed by atoms with Gasteiger partial charge in [-0.15, -0.1) is 5.10 Å². The molecule has 0 bridgehead atoms. The van der Waals surface area contributed by atoms with Crippen LogP contribution >= 0.6 is 35.0 Å². The van der Waals surface area contributed by atoms with Crippen molar-refractivity contribution in [2.45, 2.75) is 30.3 Å². The van der Waals surface area contributed by atoms with Crippen LogP contribution in [0.25, 0.3) is 11.4 Å². The summed E-state index contributed by atoms with van der Waals surface area (Å²) < 4.78 is 5.16. The van der Waals surface area contributed by atoms with Crippen molar-refractivity contribution in [1.82, 2.24) is 20.5 Å². The third-order valence-corrected chi connectivity index (χ3v) is 5.79. The number of nitrogens with one attached hydrogen (secondary N) is 2. The highest BCUT2D eigenvalue weighted by Crippen LogP contribution is 2.28. The summed E-state index contributed by atoms with van der Waals surface area (Å²) in [6.07, 6.45) is 0. The number of thioether (sulfide) groups is 1. The van der Waals surface area contributed by atoms with Gasteiger partial charge in [0.15, 0.2) is 5.82 Å². The minimum Gasteiger partial charge on any atom is -0.497 e. The maximum atomic E-state index is 12.6. The highest BCUT2D eigenvalue weighted by molar-refractivity contribution is 8.00. The number of rotatable bonds is 7. The third kappa shape index (κ3) is 5.44. The Hall–Kier alpha value is -2.22. The molecule has 0 fully saturated rings. The fraction of sp³-hybridized carbons (Fsp3) is 0.250. The molecule has 0 spiro atoms. The van der Waals surface area contributed by atoms with Crippen LogP contribution in [0.5, 0.6) is 5.75 Å². The molecule has 0 aliphatic heterocycles. The Kier molecular flexibility index (Phi) is 7.05. The molecule has 0 unspecified atom stereocenters. The molecule has 152 valence electrons. The largest absolute Gasteiger partial charge is 0.497 e. The van der Waals surface area contributed by atoms with Crippen LogP contribution in [0.1, 0.15) is 25.5 Å². The SMILES string of the molecule is COc1ccc(-c2nc(S[C@@H](C)C(=O)N[C@@H](C)c3ccc(Cl)cc3Cl)n[nH]2)cc1. The van der Waals surface area contributed by atoms with E-state index in [4.69, 9.17) is 27.9 Å². The first-order valence-corrected chi connectivity index (χ1v) is 10.5. The summed E-state index contributed by atoms with van der Waals surface area (Å²) in [5.74, 6) is 1.26. The number of aromatic amines is 1. The van der Waals surface area contributed by atoms with Gasteiger partial charge in [-0.2, -0.15) is 0 Å². The maximum Gasteiger partial charge on any atom is 0.233 e. The fourth-order valence-corrected chi connectivity index (χ4v) is 3.96. The van der Waals surface area contributed by atoms with E-state index in [1.165, 1.54) is 11.8 Å². The molecule has 9 heteroatoms. The summed E-state index contributed by atoms with van der Waals surface area (Å²) >= 11 is 13.4. The fourth-order valence-electron chi connectivity index (χ4n) is 2.65. The zero-order valence-electron chi connectivity index (χ0n) is 16.1. The Balaban J connectivity index is 1.61. The molecule has 0 saturated carbocycles. The van der Waals surface area contributed by atoms with Gasteiger partial charge in [0.2, 0.25) is 11.1 Å². The Morgan fingerprint density at radius 2 is 1.90 bits per heavy atom. The number of hydrogen-bond donors (Lipinski definition) is 2. The molecular formula is C20H20Cl2N4O2S. The van der Waals surface area contributed by atoms with Crippen molar-refractivity contribution >= 4 is 40.9 Å². The van der Waals surface area contributed by atoms with E-state index in [9.17, 15) is 4.79 Å². The summed E-state index contributed by atoms with van der Waals surface area (Å²) in [6, 6.07) is 12.4. The number of H-pyrrole nitrogens is 1. The van der Waals surface area contributed by atoms with Gasteiger partial charge in [-0.3, -0.25) is 9.89 Å². The van der Waals surface area contributed by atoms with Crippen molar-refractivity contribution in [3.05, 3.63) is 58.1 Å². The molecule has 3 aromatic rings. The Labute approximate surface area is 183 Å². The Morgan fingerprint density at radius 1 is 1.17 bits per heavy atom. The van der Waals surface area contributed by atoms with E-state index < -0.39 is 0 Å². The lowest BCUT2D eigenvalue weighted by atomic mass is 10.1. The van der Waals surface area contributed by atoms with Crippen LogP contribution in [-0.4, -0.2) is 33.4 Å². The summed E-state index contributed by atoms with van der Waals surface area (Å²) in [6.45, 7) is 3.68. The number of benzene rings is 2. The lowest BCUT2D eigenvalue weighted by molar-refractivity contribution is -0.120. The van der Waals surface area contributed by atoms with E-state index >= 15 is 0 Å². The molecule has 1 aromatic heterocycles. The average Bonchev–Trinajstić information content (AvgIpc) is 3.16. The van der Waals surface area contributed by atoms with Gasteiger partial charge >= 0.3 is 0 Å². The zero-order valence-corrected chi connectivity index (χ0v) is 18.4. The zero-order chi connectivity index (χ0) is 21.0. The molecule has 0 aliphatic rings. The van der Waals surface area contributed by atoms with E-state index in [-0.39, 0.29) is 17.2 Å². The molecule has 1 heterocycles. The first-order valence-electron chi connectivity index (χ1n) is 8.86. The Morgan fingerprint density at radius 3 is 2.55 bits per heavy atom. The maximum absolute atomic E-state index is 12.6. The molecule has 2 atom stereocenters. The van der Waals surface area contributed by atoms with Gasteiger partial charge in [0.05, 0.1) is 18.4 Å². The van der Waals surface area contributed by atoms with Gasteiger partial charge in [-0.25, -0.2) is 4.98 Å². The van der Waals surface area contributed by atoms with Crippen LogP contribution in [0, 0.1) is 0 Å². The van der Waals surface area contributed by atoms with Gasteiger partial charge in [0.1, 0.15) is 5.75 Å². The molecular weight excluding hydrogens is 431 g/mol. The van der Waals surface area contributed by atoms with Crippen LogP contribution in [0.4, 0.5) is 0 Å². The molecule has 0 saturated heterocycles. The molecule has 3 rings (SSSR count). The summed E-state index contributed by atoms with van der Waals surface area (Å²) in [4.78, 5) is 17.0. The van der Waals surface area contributed by atoms with Crippen LogP contribution in [-0.2, 0) is 4.79 Å². The van der Waals surface area contributed by atoms with Gasteiger partial charge in [0.25, 0.3) is 0 Å². The van der Waals surface area contributed by atoms with Crippen LogP contribution < -0.4 is 10.1 Å². The van der Waals surface area contributed by atoms with Gasteiger partial charge < -0.3 is 10.1 Å². The van der Waals surface area contributed by atoms with Crippen molar-refractivity contribution in [2.24, 2.45) is 0 Å². The quantitative estimate of drug-likeness (QED) is 0.486. The topological polar surface area (TPSA) is 79.9 Å². The van der Waals surface area contributed by atoms with Gasteiger partial charge in [0, 0.05) is 15.6 Å². The molecule has 0 aliphatic carbocycles. The highest BCUT2D eigenvalue weighted by Gasteiger charge is 2.20. The first kappa shape index (κ1) is 21.5. The minimum atomic E-state index is -0.386. The number of hydrogen-bond acceptors (Lipinski definition) is 5. The Bertz CT molecular complexity index is 994. The highest BCUT2D eigenvalue weighted by atomic mass is 35.5. The van der Waals surface area contributed by atoms with E-state index in [2.05, 4.69) is 20.5 Å². The number of aromatic nitrogens is 3. The molecule has 1 amide bonds. The molecule has 29 heavy (non-hydrogen) atoms. The van der Waals surface area contributed by atoms with E-state index in [1.807, 2.05) is 37.3 Å². The number of methoxy groups -OCH3 is 1. The monoisotopic (exact) mass is 450 g/mol. The lowest BCUT2D eigenvalue weighted by Gasteiger charge is -2.18. The second kappa shape index (κ2) is 9.52. The number of halogens is 2. The second-order valence-electron chi connectivity index (χ2n) is 6.35. The van der Waals surface area contributed by atoms with Crippen molar-refractivity contribution in [3.8, 4) is 17.1 Å². The number of amides is 1. The van der Waals surface area contributed by atoms with E-state index in [1.54, 1.807) is 26.2 Å². The van der Waals surface area contributed by atoms with E-state index in [0.29, 0.717) is 21.0 Å². The van der Waals surface area contributed by atoms with Gasteiger partial charge in [-0.05, 0) is 55.8 Å². The molecule has 0 radical (unpaired) electrons. The predicted molar refractivity (Wildman–Crippen MR) is 117 cm³/mol. The lowest BCUT2D eigenvalue weighted by Crippen LogP contribution is -2.33. The van der Waals surface area contributed by atoms with Gasteiger partial charge in [-0.1, -0.05) is 41.0 Å². The number of ether oxygens (including phenoxy) is 1. The molecule has 6 nitrogen and oxygen atoms in total. The smallest absolute Gasteiger partial charge is 0.233 e. The second-order valence-corrected chi connectivity index (χ2v) is 8.50. The third-order valence-electron chi connectivity index (χ3n) is 4.27. The van der Waals surface area contributed by atoms with Crippen molar-refractivity contribution in [2.75, 3.05) is 7.11 Å². The average molecular weight is 451 g/mol. The van der Waals surface area contributed by atoms with E-state index in [0.717, 1.165) is 16.9 Å². The normalized spacial score (nSPS) is 13.0. The van der Waals surface area contributed by atoms with Crippen LogP contribution in [0.15, 0.2) is 47.6 Å². The standard InChI is InChI=1S/C20H20Cl2N4O2S/c1-11(16-9-6-14(21)10-17(16)22)23-19(27)12(2)29-20-24-18(25-26-20)13-4-7-15(28-3)8-5-13/h4-12H,1-3H3,(H,23,27)(H,24,25,26)/t11-,12-/m0/s1. The van der Waals surface area contributed by atoms with Crippen molar-refractivity contribution < 1.29 is 9.53 Å². The summed E-state index contributed by atoms with van der Waals surface area (Å²) in [5.41, 5.74) is 1.69. The number of carbonyl (C=O) groups excluding carboxylic acids is 1. The number of nitrogens with zero attached hydrogens (tertiary/aromatic N) is 2. The first-order chi connectivity index (χ1) is 13.9. The minimum absolute atomic E-state index is 0.135. The van der Waals surface area contributed by atoms with Crippen molar-refractivity contribution in [3.63, 3.8) is 0 Å². The van der Waals surface area contributed by atoms with Crippen molar-refractivity contribution in [1.29, 1.82) is 0 Å². The molecule has 2 N–H and O–H groups in total. The molecule has 2 aromatic carbocycles. The van der Waals surface area contributed by atoms with Crippen LogP contribution in [0.3, 0.4) is 0 Å². The summed E-state index contributed by atoms with van der Waals surface area (Å²) in [7, 11) is 1.62. The summed E-state index contributed by atoms with van der Waals surface area (Å²) in [5, 5.41) is 11.2. The van der Waals surface area contributed by atoms with Crippen LogP contribution in [0.2, 0.25) is 10.0 Å². The predicted octanol–water partition coefficient (Wildman–Crippen LogP) is 5.15.